The van der Waals surface area contributed by atoms with Crippen LogP contribution in [0.3, 0.4) is 0 Å². The molecule has 2 nitrogen and oxygen atoms in total. The SMILES string of the molecule is Clc1ccccc1-c1nnc(-c2ccccc2Cl)c2c1CCC2. The van der Waals surface area contributed by atoms with Gasteiger partial charge in [0.2, 0.25) is 0 Å². The fourth-order valence-electron chi connectivity index (χ4n) is 3.23. The molecule has 0 N–H and O–H groups in total. The Labute approximate surface area is 145 Å². The zero-order chi connectivity index (χ0) is 15.8. The molecule has 0 saturated carbocycles. The third-order valence-electron chi connectivity index (χ3n) is 4.30. The van der Waals surface area contributed by atoms with Gasteiger partial charge in [0.1, 0.15) is 0 Å². The molecule has 0 atom stereocenters. The number of nitrogens with zero attached hydrogens (tertiary/aromatic N) is 2. The highest BCUT2D eigenvalue weighted by atomic mass is 35.5. The van der Waals surface area contributed by atoms with Crippen molar-refractivity contribution in [2.45, 2.75) is 19.3 Å². The van der Waals surface area contributed by atoms with E-state index < -0.39 is 0 Å². The van der Waals surface area contributed by atoms with Crippen LogP contribution in [0.2, 0.25) is 10.0 Å². The van der Waals surface area contributed by atoms with Gasteiger partial charge in [-0.1, -0.05) is 59.6 Å². The second-order valence-electron chi connectivity index (χ2n) is 5.67. The van der Waals surface area contributed by atoms with Gasteiger partial charge in [-0.15, -0.1) is 10.2 Å². The summed E-state index contributed by atoms with van der Waals surface area (Å²) >= 11 is 12.7. The number of hydrogen-bond acceptors (Lipinski definition) is 2. The molecule has 1 aliphatic rings. The minimum atomic E-state index is 0.710. The van der Waals surface area contributed by atoms with Crippen molar-refractivity contribution < 1.29 is 0 Å². The van der Waals surface area contributed by atoms with Crippen molar-refractivity contribution in [3.63, 3.8) is 0 Å². The van der Waals surface area contributed by atoms with Crippen LogP contribution in [0.5, 0.6) is 0 Å². The Morgan fingerprint density at radius 2 is 1.09 bits per heavy atom. The van der Waals surface area contributed by atoms with Crippen molar-refractivity contribution in [2.24, 2.45) is 0 Å². The lowest BCUT2D eigenvalue weighted by Gasteiger charge is -2.13. The van der Waals surface area contributed by atoms with Gasteiger partial charge in [0, 0.05) is 11.1 Å². The van der Waals surface area contributed by atoms with E-state index in [4.69, 9.17) is 23.2 Å². The zero-order valence-electron chi connectivity index (χ0n) is 12.4. The summed E-state index contributed by atoms with van der Waals surface area (Å²) < 4.78 is 0. The van der Waals surface area contributed by atoms with E-state index in [2.05, 4.69) is 10.2 Å². The Balaban J connectivity index is 1.93. The highest BCUT2D eigenvalue weighted by molar-refractivity contribution is 6.33. The van der Waals surface area contributed by atoms with Crippen molar-refractivity contribution >= 4 is 23.2 Å². The molecule has 0 radical (unpaired) electrons. The molecule has 0 unspecified atom stereocenters. The molecule has 3 aromatic rings. The predicted molar refractivity (Wildman–Crippen MR) is 94.9 cm³/mol. The van der Waals surface area contributed by atoms with Gasteiger partial charge in [-0.05, 0) is 42.5 Å². The minimum Gasteiger partial charge on any atom is -0.150 e. The Morgan fingerprint density at radius 1 is 0.652 bits per heavy atom. The van der Waals surface area contributed by atoms with Crippen LogP contribution < -0.4 is 0 Å². The van der Waals surface area contributed by atoms with Crippen LogP contribution in [-0.4, -0.2) is 10.2 Å². The average Bonchev–Trinajstić information content (AvgIpc) is 3.05. The van der Waals surface area contributed by atoms with Crippen LogP contribution in [0.4, 0.5) is 0 Å². The Hall–Kier alpha value is -1.90. The molecule has 0 amide bonds. The van der Waals surface area contributed by atoms with Gasteiger partial charge in [-0.3, -0.25) is 0 Å². The topological polar surface area (TPSA) is 25.8 Å². The third kappa shape index (κ3) is 2.52. The molecule has 4 heteroatoms. The van der Waals surface area contributed by atoms with Gasteiger partial charge in [0.05, 0.1) is 21.4 Å². The van der Waals surface area contributed by atoms with E-state index >= 15 is 0 Å². The van der Waals surface area contributed by atoms with Crippen molar-refractivity contribution in [3.8, 4) is 22.5 Å². The maximum Gasteiger partial charge on any atom is 0.0979 e. The van der Waals surface area contributed by atoms with Crippen LogP contribution in [0, 0.1) is 0 Å². The number of fused-ring (bicyclic) bond motifs is 1. The number of aromatic nitrogens is 2. The fourth-order valence-corrected chi connectivity index (χ4v) is 3.68. The number of rotatable bonds is 2. The Bertz CT molecular complexity index is 818. The quantitative estimate of drug-likeness (QED) is 0.606. The molecule has 0 saturated heterocycles. The standard InChI is InChI=1S/C19H14Cl2N2/c20-16-10-3-1-6-14(16)18-12-8-5-9-13(12)19(23-22-18)15-7-2-4-11-17(15)21/h1-4,6-7,10-11H,5,8-9H2. The molecule has 0 fully saturated rings. The van der Waals surface area contributed by atoms with Crippen LogP contribution >= 0.6 is 23.2 Å². The first kappa shape index (κ1) is 14.7. The van der Waals surface area contributed by atoms with Crippen LogP contribution in [0.25, 0.3) is 22.5 Å². The second kappa shape index (κ2) is 5.95. The van der Waals surface area contributed by atoms with Crippen molar-refractivity contribution in [1.82, 2.24) is 10.2 Å². The maximum atomic E-state index is 6.35. The number of benzene rings is 2. The summed E-state index contributed by atoms with van der Waals surface area (Å²) in [6, 6.07) is 15.6. The Kier molecular flexibility index (Phi) is 3.80. The lowest BCUT2D eigenvalue weighted by molar-refractivity contribution is 0.912. The van der Waals surface area contributed by atoms with Gasteiger partial charge in [-0.25, -0.2) is 0 Å². The molecule has 1 heterocycles. The Morgan fingerprint density at radius 3 is 1.52 bits per heavy atom. The first-order valence-corrected chi connectivity index (χ1v) is 8.39. The third-order valence-corrected chi connectivity index (χ3v) is 4.96. The van der Waals surface area contributed by atoms with Crippen LogP contribution in [0.15, 0.2) is 48.5 Å². The summed E-state index contributed by atoms with van der Waals surface area (Å²) in [6.45, 7) is 0. The lowest BCUT2D eigenvalue weighted by atomic mass is 9.99. The first-order valence-electron chi connectivity index (χ1n) is 7.64. The van der Waals surface area contributed by atoms with E-state index in [0.717, 1.165) is 41.8 Å². The van der Waals surface area contributed by atoms with Gasteiger partial charge in [0.15, 0.2) is 0 Å². The summed E-state index contributed by atoms with van der Waals surface area (Å²) in [5, 5.41) is 10.4. The van der Waals surface area contributed by atoms with E-state index in [1.54, 1.807) is 0 Å². The van der Waals surface area contributed by atoms with E-state index in [0.29, 0.717) is 10.0 Å². The molecule has 114 valence electrons. The monoisotopic (exact) mass is 340 g/mol. The van der Waals surface area contributed by atoms with Gasteiger partial charge in [-0.2, -0.15) is 0 Å². The number of halogens is 2. The molecule has 0 spiro atoms. The van der Waals surface area contributed by atoms with Crippen LogP contribution in [0.1, 0.15) is 17.5 Å². The zero-order valence-corrected chi connectivity index (χ0v) is 13.9. The van der Waals surface area contributed by atoms with Gasteiger partial charge >= 0.3 is 0 Å². The van der Waals surface area contributed by atoms with Crippen LogP contribution in [-0.2, 0) is 12.8 Å². The van der Waals surface area contributed by atoms with E-state index in [9.17, 15) is 0 Å². The molecule has 0 bridgehead atoms. The molecular formula is C19H14Cl2N2. The molecule has 23 heavy (non-hydrogen) atoms. The van der Waals surface area contributed by atoms with E-state index in [-0.39, 0.29) is 0 Å². The molecule has 4 rings (SSSR count). The summed E-state index contributed by atoms with van der Waals surface area (Å²) in [5.74, 6) is 0. The molecule has 0 aliphatic heterocycles. The predicted octanol–water partition coefficient (Wildman–Crippen LogP) is 5.61. The smallest absolute Gasteiger partial charge is 0.0979 e. The molecule has 2 aromatic carbocycles. The average molecular weight is 341 g/mol. The van der Waals surface area contributed by atoms with Gasteiger partial charge < -0.3 is 0 Å². The lowest BCUT2D eigenvalue weighted by Crippen LogP contribution is -2.01. The summed E-state index contributed by atoms with van der Waals surface area (Å²) in [5.41, 5.74) is 6.21. The van der Waals surface area contributed by atoms with Gasteiger partial charge in [0.25, 0.3) is 0 Å². The highest BCUT2D eigenvalue weighted by Crippen LogP contribution is 2.39. The normalized spacial score (nSPS) is 13.1. The maximum absolute atomic E-state index is 6.35. The van der Waals surface area contributed by atoms with Crippen molar-refractivity contribution in [1.29, 1.82) is 0 Å². The van der Waals surface area contributed by atoms with E-state index in [1.165, 1.54) is 11.1 Å². The van der Waals surface area contributed by atoms with E-state index in [1.807, 2.05) is 48.5 Å². The summed E-state index contributed by atoms with van der Waals surface area (Å²) in [6.07, 6.45) is 3.11. The van der Waals surface area contributed by atoms with Crippen molar-refractivity contribution in [2.75, 3.05) is 0 Å². The second-order valence-corrected chi connectivity index (χ2v) is 6.48. The summed E-state index contributed by atoms with van der Waals surface area (Å²) in [7, 11) is 0. The summed E-state index contributed by atoms with van der Waals surface area (Å²) in [4.78, 5) is 0. The molecule has 1 aromatic heterocycles. The number of hydrogen-bond donors (Lipinski definition) is 0. The molecular weight excluding hydrogens is 327 g/mol. The van der Waals surface area contributed by atoms with Crippen molar-refractivity contribution in [3.05, 3.63) is 69.7 Å². The first-order chi connectivity index (χ1) is 11.3. The largest absolute Gasteiger partial charge is 0.150 e. The fraction of sp³-hybridized carbons (Fsp3) is 0.158. The highest BCUT2D eigenvalue weighted by Gasteiger charge is 2.24. The minimum absolute atomic E-state index is 0.710. The molecule has 1 aliphatic carbocycles.